The summed E-state index contributed by atoms with van der Waals surface area (Å²) in [5.41, 5.74) is 0.970. The van der Waals surface area contributed by atoms with Gasteiger partial charge in [0, 0.05) is 24.1 Å². The van der Waals surface area contributed by atoms with Gasteiger partial charge in [-0.25, -0.2) is 0 Å². The number of phenols is 2. The zero-order valence-corrected chi connectivity index (χ0v) is 14.1. The van der Waals surface area contributed by atoms with Crippen molar-refractivity contribution in [1.82, 2.24) is 0 Å². The molecular formula is C19H18O6. The van der Waals surface area contributed by atoms with E-state index in [-0.39, 0.29) is 29.4 Å². The minimum absolute atomic E-state index is 0.0110. The number of esters is 1. The van der Waals surface area contributed by atoms with Gasteiger partial charge in [0.1, 0.15) is 5.75 Å². The number of methoxy groups -OCH3 is 2. The Bertz CT molecular complexity index is 845. The number of aromatic hydroxyl groups is 2. The lowest BCUT2D eigenvalue weighted by atomic mass is 10.1. The molecule has 6 heteroatoms. The highest BCUT2D eigenvalue weighted by atomic mass is 16.5. The van der Waals surface area contributed by atoms with E-state index >= 15 is 0 Å². The minimum Gasteiger partial charge on any atom is -0.504 e. The number of rotatable bonds is 4. The maximum absolute atomic E-state index is 11.6. The fraction of sp³-hybridized carbons (Fsp3) is 0.211. The molecule has 2 aromatic carbocycles. The molecule has 0 fully saturated rings. The molecule has 6 nitrogen and oxygen atoms in total. The van der Waals surface area contributed by atoms with Crippen molar-refractivity contribution >= 4 is 5.97 Å². The van der Waals surface area contributed by atoms with Crippen LogP contribution in [0.25, 0.3) is 0 Å². The van der Waals surface area contributed by atoms with Crippen LogP contribution in [0.5, 0.6) is 28.7 Å². The zero-order valence-electron chi connectivity index (χ0n) is 14.1. The van der Waals surface area contributed by atoms with Gasteiger partial charge in [-0.2, -0.15) is 0 Å². The average molecular weight is 342 g/mol. The molecule has 0 aliphatic carbocycles. The molecule has 0 saturated carbocycles. The summed E-state index contributed by atoms with van der Waals surface area (Å²) >= 11 is 0. The third-order valence-electron chi connectivity index (χ3n) is 3.31. The summed E-state index contributed by atoms with van der Waals surface area (Å²) in [6, 6.07) is 7.45. The molecule has 0 radical (unpaired) electrons. The Morgan fingerprint density at radius 1 is 0.960 bits per heavy atom. The number of carbonyl (C=O) groups excluding carboxylic acids is 1. The molecule has 0 amide bonds. The van der Waals surface area contributed by atoms with Gasteiger partial charge < -0.3 is 24.4 Å². The Morgan fingerprint density at radius 2 is 1.64 bits per heavy atom. The molecule has 0 aliphatic heterocycles. The highest BCUT2D eigenvalue weighted by Gasteiger charge is 2.12. The minimum atomic E-state index is -0.445. The van der Waals surface area contributed by atoms with Gasteiger partial charge in [-0.3, -0.25) is 4.79 Å². The highest BCUT2D eigenvalue weighted by molar-refractivity contribution is 5.74. The van der Waals surface area contributed by atoms with E-state index in [1.807, 2.05) is 0 Å². The molecule has 0 heterocycles. The first-order valence-electron chi connectivity index (χ1n) is 7.49. The van der Waals surface area contributed by atoms with Crippen LogP contribution in [0.1, 0.15) is 24.5 Å². The molecule has 25 heavy (non-hydrogen) atoms. The van der Waals surface area contributed by atoms with Crippen molar-refractivity contribution in [3.8, 4) is 40.6 Å². The van der Waals surface area contributed by atoms with E-state index in [0.717, 1.165) is 0 Å². The fourth-order valence-corrected chi connectivity index (χ4v) is 1.98. The van der Waals surface area contributed by atoms with Crippen LogP contribution in [0.3, 0.4) is 0 Å². The van der Waals surface area contributed by atoms with Crippen LogP contribution in [0.2, 0.25) is 0 Å². The molecule has 2 N–H and O–H groups in total. The summed E-state index contributed by atoms with van der Waals surface area (Å²) in [7, 11) is 2.86. The summed E-state index contributed by atoms with van der Waals surface area (Å²) < 4.78 is 15.3. The number of hydrogen-bond acceptors (Lipinski definition) is 6. The predicted molar refractivity (Wildman–Crippen MR) is 91.2 cm³/mol. The third-order valence-corrected chi connectivity index (χ3v) is 3.31. The number of hydrogen-bond donors (Lipinski definition) is 2. The largest absolute Gasteiger partial charge is 0.504 e. The fourth-order valence-electron chi connectivity index (χ4n) is 1.98. The topological polar surface area (TPSA) is 85.2 Å². The maximum Gasteiger partial charge on any atom is 0.310 e. The summed E-state index contributed by atoms with van der Waals surface area (Å²) in [5.74, 6) is 5.84. The highest BCUT2D eigenvalue weighted by Crippen LogP contribution is 2.34. The number of benzene rings is 2. The Hall–Kier alpha value is -3.33. The van der Waals surface area contributed by atoms with Crippen molar-refractivity contribution < 1.29 is 29.2 Å². The van der Waals surface area contributed by atoms with E-state index < -0.39 is 5.97 Å². The normalized spacial score (nSPS) is 9.72. The van der Waals surface area contributed by atoms with Crippen LogP contribution in [0, 0.1) is 11.8 Å². The van der Waals surface area contributed by atoms with Crippen LogP contribution in [0.15, 0.2) is 30.3 Å². The van der Waals surface area contributed by atoms with Crippen molar-refractivity contribution in [2.45, 2.75) is 13.3 Å². The van der Waals surface area contributed by atoms with E-state index in [2.05, 4.69) is 11.8 Å². The SMILES string of the molecule is CCC(=O)Oc1cc(O)c(OC)cc1C#Cc1ccc(O)c(OC)c1. The molecule has 130 valence electrons. The van der Waals surface area contributed by atoms with Gasteiger partial charge >= 0.3 is 5.97 Å². The molecule has 0 bridgehead atoms. The lowest BCUT2D eigenvalue weighted by molar-refractivity contribution is -0.134. The van der Waals surface area contributed by atoms with Crippen molar-refractivity contribution in [3.63, 3.8) is 0 Å². The second-order valence-electron chi connectivity index (χ2n) is 4.98. The third kappa shape index (κ3) is 4.36. The van der Waals surface area contributed by atoms with Crippen molar-refractivity contribution in [2.24, 2.45) is 0 Å². The van der Waals surface area contributed by atoms with Gasteiger partial charge in [0.2, 0.25) is 0 Å². The van der Waals surface area contributed by atoms with Crippen LogP contribution >= 0.6 is 0 Å². The summed E-state index contributed by atoms with van der Waals surface area (Å²) in [5, 5.41) is 19.5. The van der Waals surface area contributed by atoms with Gasteiger partial charge in [-0.1, -0.05) is 18.8 Å². The standard InChI is InChI=1S/C19H18O6/c1-4-19(22)25-16-11-15(21)18(24-3)10-13(16)7-5-12-6-8-14(20)17(9-12)23-2/h6,8-11,20-21H,4H2,1-3H3. The molecule has 0 aromatic heterocycles. The molecule has 0 aliphatic rings. The Labute approximate surface area is 145 Å². The molecule has 2 rings (SSSR count). The first-order valence-corrected chi connectivity index (χ1v) is 7.49. The Kier molecular flexibility index (Phi) is 5.75. The molecule has 0 unspecified atom stereocenters. The van der Waals surface area contributed by atoms with Gasteiger partial charge in [0.25, 0.3) is 0 Å². The summed E-state index contributed by atoms with van der Waals surface area (Å²) in [6.45, 7) is 1.67. The first kappa shape index (κ1) is 18.0. The quantitative estimate of drug-likeness (QED) is 0.505. The Balaban J connectivity index is 2.45. The van der Waals surface area contributed by atoms with Gasteiger partial charge in [0.15, 0.2) is 23.0 Å². The van der Waals surface area contributed by atoms with E-state index in [1.54, 1.807) is 19.1 Å². The van der Waals surface area contributed by atoms with Crippen molar-refractivity contribution in [3.05, 3.63) is 41.5 Å². The molecule has 0 spiro atoms. The Morgan fingerprint density at radius 3 is 2.28 bits per heavy atom. The lowest BCUT2D eigenvalue weighted by Crippen LogP contribution is -2.07. The second-order valence-corrected chi connectivity index (χ2v) is 4.98. The summed E-state index contributed by atoms with van der Waals surface area (Å²) in [4.78, 5) is 11.6. The molecule has 0 saturated heterocycles. The van der Waals surface area contributed by atoms with E-state index in [4.69, 9.17) is 14.2 Å². The number of carbonyl (C=O) groups is 1. The number of phenolic OH excluding ortho intramolecular Hbond substituents is 2. The van der Waals surface area contributed by atoms with Gasteiger partial charge in [-0.05, 0) is 18.2 Å². The first-order chi connectivity index (χ1) is 12.0. The zero-order chi connectivity index (χ0) is 18.4. The smallest absolute Gasteiger partial charge is 0.310 e. The van der Waals surface area contributed by atoms with Crippen molar-refractivity contribution in [1.29, 1.82) is 0 Å². The van der Waals surface area contributed by atoms with Gasteiger partial charge in [-0.15, -0.1) is 0 Å². The number of ether oxygens (including phenoxy) is 3. The van der Waals surface area contributed by atoms with E-state index in [1.165, 1.54) is 32.4 Å². The van der Waals surface area contributed by atoms with E-state index in [0.29, 0.717) is 16.9 Å². The van der Waals surface area contributed by atoms with Crippen molar-refractivity contribution in [2.75, 3.05) is 14.2 Å². The predicted octanol–water partition coefficient (Wildman–Crippen LogP) is 2.83. The lowest BCUT2D eigenvalue weighted by Gasteiger charge is -2.09. The molecular weight excluding hydrogens is 324 g/mol. The van der Waals surface area contributed by atoms with E-state index in [9.17, 15) is 15.0 Å². The summed E-state index contributed by atoms with van der Waals surface area (Å²) in [6.07, 6.45) is 0.189. The molecule has 2 aromatic rings. The maximum atomic E-state index is 11.6. The van der Waals surface area contributed by atoms with Crippen LogP contribution in [-0.4, -0.2) is 30.4 Å². The van der Waals surface area contributed by atoms with Gasteiger partial charge in [0.05, 0.1) is 19.8 Å². The average Bonchev–Trinajstić information content (AvgIpc) is 2.62. The van der Waals surface area contributed by atoms with Crippen LogP contribution < -0.4 is 14.2 Å². The molecule has 0 atom stereocenters. The van der Waals surface area contributed by atoms with Crippen LogP contribution in [-0.2, 0) is 4.79 Å². The van der Waals surface area contributed by atoms with Crippen LogP contribution in [0.4, 0.5) is 0 Å². The second kappa shape index (κ2) is 7.97. The monoisotopic (exact) mass is 342 g/mol.